The van der Waals surface area contributed by atoms with Crippen LogP contribution in [0, 0.1) is 12.8 Å². The van der Waals surface area contributed by atoms with Crippen molar-refractivity contribution in [1.29, 1.82) is 0 Å². The first-order valence-electron chi connectivity index (χ1n) is 4.98. The molecule has 1 aliphatic rings. The molecule has 1 aromatic rings. The molecule has 0 radical (unpaired) electrons. The summed E-state index contributed by atoms with van der Waals surface area (Å²) in [6.45, 7) is 2.60. The summed E-state index contributed by atoms with van der Waals surface area (Å²) in [5.41, 5.74) is 7.81. The van der Waals surface area contributed by atoms with E-state index in [1.54, 1.807) is 0 Å². The van der Waals surface area contributed by atoms with Gasteiger partial charge in [0.25, 0.3) is 0 Å². The topological polar surface area (TPSA) is 51.3 Å². The maximum atomic E-state index is 5.79. The maximum absolute atomic E-state index is 5.79. The first-order valence-corrected chi connectivity index (χ1v) is 4.98. The Hall–Kier alpha value is -1.38. The van der Waals surface area contributed by atoms with E-state index in [1.165, 1.54) is 12.8 Å². The zero-order valence-electron chi connectivity index (χ0n) is 8.40. The third kappa shape index (κ3) is 2.31. The van der Waals surface area contributed by atoms with Crippen molar-refractivity contribution in [2.75, 3.05) is 0 Å². The number of aromatic nitrogens is 1. The molecule has 3 nitrogen and oxygen atoms in total. The Morgan fingerprint density at radius 2 is 2.36 bits per heavy atom. The highest BCUT2D eigenvalue weighted by atomic mass is 14.9. The number of amidine groups is 1. The summed E-state index contributed by atoms with van der Waals surface area (Å²) in [5, 5.41) is 0. The third-order valence-corrected chi connectivity index (χ3v) is 2.37. The van der Waals surface area contributed by atoms with E-state index < -0.39 is 0 Å². The first-order chi connectivity index (χ1) is 6.75. The molecule has 0 spiro atoms. The molecule has 0 aromatic carbocycles. The number of nitrogens with two attached hydrogens (primary N) is 1. The SMILES string of the molecule is Cc1cccc(CN=C(N)C2CC2)n1. The minimum Gasteiger partial charge on any atom is -0.387 e. The Bertz CT molecular complexity index is 353. The molecule has 2 N–H and O–H groups in total. The largest absolute Gasteiger partial charge is 0.387 e. The molecule has 0 saturated heterocycles. The smallest absolute Gasteiger partial charge is 0.0973 e. The average molecular weight is 189 g/mol. The van der Waals surface area contributed by atoms with E-state index in [0.717, 1.165) is 17.2 Å². The summed E-state index contributed by atoms with van der Waals surface area (Å²) in [4.78, 5) is 8.69. The third-order valence-electron chi connectivity index (χ3n) is 2.37. The minimum absolute atomic E-state index is 0.555. The normalized spacial score (nSPS) is 17.1. The molecule has 1 fully saturated rings. The van der Waals surface area contributed by atoms with Gasteiger partial charge in [-0.3, -0.25) is 9.98 Å². The Kier molecular flexibility index (Phi) is 2.48. The van der Waals surface area contributed by atoms with Gasteiger partial charge < -0.3 is 5.73 Å². The fourth-order valence-corrected chi connectivity index (χ4v) is 1.37. The van der Waals surface area contributed by atoms with Gasteiger partial charge in [-0.25, -0.2) is 0 Å². The van der Waals surface area contributed by atoms with Crippen LogP contribution in [0.25, 0.3) is 0 Å². The summed E-state index contributed by atoms with van der Waals surface area (Å²) in [6.07, 6.45) is 2.41. The Morgan fingerprint density at radius 1 is 1.57 bits per heavy atom. The van der Waals surface area contributed by atoms with E-state index in [9.17, 15) is 0 Å². The molecule has 14 heavy (non-hydrogen) atoms. The van der Waals surface area contributed by atoms with Crippen LogP contribution in [0.4, 0.5) is 0 Å². The number of aliphatic imine (C=N–C) groups is 1. The molecule has 0 unspecified atom stereocenters. The molecule has 74 valence electrons. The van der Waals surface area contributed by atoms with Gasteiger partial charge in [-0.2, -0.15) is 0 Å². The number of hydrogen-bond acceptors (Lipinski definition) is 2. The number of hydrogen-bond donors (Lipinski definition) is 1. The second-order valence-corrected chi connectivity index (χ2v) is 3.79. The van der Waals surface area contributed by atoms with E-state index in [-0.39, 0.29) is 0 Å². The van der Waals surface area contributed by atoms with Crippen molar-refractivity contribution in [3.63, 3.8) is 0 Å². The zero-order valence-corrected chi connectivity index (χ0v) is 8.40. The van der Waals surface area contributed by atoms with Gasteiger partial charge >= 0.3 is 0 Å². The lowest BCUT2D eigenvalue weighted by atomic mass is 10.3. The van der Waals surface area contributed by atoms with Crippen LogP contribution in [0.15, 0.2) is 23.2 Å². The van der Waals surface area contributed by atoms with E-state index in [0.29, 0.717) is 12.5 Å². The van der Waals surface area contributed by atoms with Crippen molar-refractivity contribution in [2.24, 2.45) is 16.6 Å². The predicted octanol–water partition coefficient (Wildman–Crippen LogP) is 1.66. The molecule has 0 atom stereocenters. The van der Waals surface area contributed by atoms with Crippen molar-refractivity contribution in [2.45, 2.75) is 26.3 Å². The van der Waals surface area contributed by atoms with E-state index >= 15 is 0 Å². The van der Waals surface area contributed by atoms with E-state index in [4.69, 9.17) is 5.73 Å². The van der Waals surface area contributed by atoms with Crippen LogP contribution >= 0.6 is 0 Å². The molecule has 1 aromatic heterocycles. The molecule has 1 heterocycles. The van der Waals surface area contributed by atoms with Crippen molar-refractivity contribution < 1.29 is 0 Å². The van der Waals surface area contributed by atoms with Gasteiger partial charge in [0.05, 0.1) is 18.1 Å². The first kappa shape index (κ1) is 9.19. The van der Waals surface area contributed by atoms with Gasteiger partial charge in [0.2, 0.25) is 0 Å². The van der Waals surface area contributed by atoms with Gasteiger partial charge in [-0.15, -0.1) is 0 Å². The van der Waals surface area contributed by atoms with Crippen LogP contribution in [-0.4, -0.2) is 10.8 Å². The lowest BCUT2D eigenvalue weighted by Gasteiger charge is -1.99. The van der Waals surface area contributed by atoms with Gasteiger partial charge in [-0.05, 0) is 31.9 Å². The van der Waals surface area contributed by atoms with Gasteiger partial charge in [0, 0.05) is 11.6 Å². The number of rotatable bonds is 3. The highest BCUT2D eigenvalue weighted by Gasteiger charge is 2.25. The monoisotopic (exact) mass is 189 g/mol. The van der Waals surface area contributed by atoms with Crippen molar-refractivity contribution in [3.8, 4) is 0 Å². The minimum atomic E-state index is 0.555. The van der Waals surface area contributed by atoms with E-state index in [1.807, 2.05) is 25.1 Å². The van der Waals surface area contributed by atoms with Crippen molar-refractivity contribution in [1.82, 2.24) is 4.98 Å². The van der Waals surface area contributed by atoms with Crippen molar-refractivity contribution in [3.05, 3.63) is 29.6 Å². The summed E-state index contributed by atoms with van der Waals surface area (Å²) in [5.74, 6) is 1.35. The van der Waals surface area contributed by atoms with Crippen LogP contribution in [0.5, 0.6) is 0 Å². The van der Waals surface area contributed by atoms with Gasteiger partial charge in [0.1, 0.15) is 0 Å². The number of pyridine rings is 1. The molecule has 2 rings (SSSR count). The number of nitrogens with zero attached hydrogens (tertiary/aromatic N) is 2. The highest BCUT2D eigenvalue weighted by Crippen LogP contribution is 2.28. The van der Waals surface area contributed by atoms with Crippen LogP contribution in [0.2, 0.25) is 0 Å². The lowest BCUT2D eigenvalue weighted by molar-refractivity contribution is 0.949. The summed E-state index contributed by atoms with van der Waals surface area (Å²) < 4.78 is 0. The van der Waals surface area contributed by atoms with Crippen molar-refractivity contribution >= 4 is 5.84 Å². The zero-order chi connectivity index (χ0) is 9.97. The van der Waals surface area contributed by atoms with Crippen LogP contribution in [0.1, 0.15) is 24.2 Å². The Morgan fingerprint density at radius 3 is 3.00 bits per heavy atom. The summed E-state index contributed by atoms with van der Waals surface area (Å²) >= 11 is 0. The van der Waals surface area contributed by atoms with E-state index in [2.05, 4.69) is 9.98 Å². The Labute approximate surface area is 84.1 Å². The fraction of sp³-hybridized carbons (Fsp3) is 0.455. The predicted molar refractivity (Wildman–Crippen MR) is 57.0 cm³/mol. The highest BCUT2D eigenvalue weighted by molar-refractivity contribution is 5.84. The quantitative estimate of drug-likeness (QED) is 0.580. The molecule has 1 saturated carbocycles. The summed E-state index contributed by atoms with van der Waals surface area (Å²) in [6, 6.07) is 5.97. The standard InChI is InChI=1S/C11H15N3/c1-8-3-2-4-10(14-8)7-13-11(12)9-5-6-9/h2-4,9H,5-7H2,1H3,(H2,12,13). The second-order valence-electron chi connectivity index (χ2n) is 3.79. The second kappa shape index (κ2) is 3.78. The average Bonchev–Trinajstić information content (AvgIpc) is 2.97. The molecule has 0 amide bonds. The van der Waals surface area contributed by atoms with Crippen LogP contribution < -0.4 is 5.73 Å². The molecular formula is C11H15N3. The lowest BCUT2D eigenvalue weighted by Crippen LogP contribution is -2.14. The van der Waals surface area contributed by atoms with Crippen LogP contribution in [0.3, 0.4) is 0 Å². The molecule has 0 bridgehead atoms. The molecule has 0 aliphatic heterocycles. The maximum Gasteiger partial charge on any atom is 0.0973 e. The van der Waals surface area contributed by atoms with Gasteiger partial charge in [0.15, 0.2) is 0 Å². The fourth-order valence-electron chi connectivity index (χ4n) is 1.37. The van der Waals surface area contributed by atoms with Gasteiger partial charge in [-0.1, -0.05) is 6.07 Å². The number of aryl methyl sites for hydroxylation is 1. The molecular weight excluding hydrogens is 174 g/mol. The Balaban J connectivity index is 2.00. The molecule has 3 heteroatoms. The molecule has 1 aliphatic carbocycles. The van der Waals surface area contributed by atoms with Crippen LogP contribution in [-0.2, 0) is 6.54 Å². The summed E-state index contributed by atoms with van der Waals surface area (Å²) in [7, 11) is 0.